The molecule has 4 nitrogen and oxygen atoms in total. The number of halogens is 3. The van der Waals surface area contributed by atoms with Gasteiger partial charge in [-0.25, -0.2) is 13.8 Å². The average Bonchev–Trinajstić information content (AvgIpc) is 2.31. The Labute approximate surface area is 111 Å². The molecule has 7 heteroatoms. The third-order valence-corrected chi connectivity index (χ3v) is 3.04. The van der Waals surface area contributed by atoms with E-state index in [-0.39, 0.29) is 34.3 Å². The van der Waals surface area contributed by atoms with Crippen LogP contribution in [0.4, 0.5) is 8.78 Å². The second kappa shape index (κ2) is 6.40. The normalized spacial score (nSPS) is 10.2. The predicted octanol–water partition coefficient (Wildman–Crippen LogP) is 2.76. The van der Waals surface area contributed by atoms with Crippen LogP contribution in [0.5, 0.6) is 0 Å². The first-order valence-electron chi connectivity index (χ1n) is 5.02. The molecule has 1 aromatic rings. The molecule has 0 aliphatic carbocycles. The molecule has 0 amide bonds. The molecule has 0 spiro atoms. The van der Waals surface area contributed by atoms with Gasteiger partial charge in [-0.1, -0.05) is 0 Å². The Morgan fingerprint density at radius 1 is 1.67 bits per heavy atom. The number of rotatable bonds is 4. The molecule has 0 radical (unpaired) electrons. The summed E-state index contributed by atoms with van der Waals surface area (Å²) in [5, 5.41) is 8.84. The molecule has 0 N–H and O–H groups in total. The topological polar surface area (TPSA) is 63.0 Å². The lowest BCUT2D eigenvalue weighted by Gasteiger charge is -2.10. The first kappa shape index (κ1) is 14.5. The van der Waals surface area contributed by atoms with Gasteiger partial charge in [0.25, 0.3) is 6.43 Å². The zero-order chi connectivity index (χ0) is 13.7. The van der Waals surface area contributed by atoms with E-state index in [0.717, 1.165) is 6.20 Å². The number of esters is 1. The van der Waals surface area contributed by atoms with Crippen molar-refractivity contribution in [2.45, 2.75) is 19.8 Å². The molecule has 18 heavy (non-hydrogen) atoms. The number of aromatic nitrogens is 1. The summed E-state index contributed by atoms with van der Waals surface area (Å²) < 4.78 is 30.1. The van der Waals surface area contributed by atoms with Gasteiger partial charge in [-0.05, 0) is 22.9 Å². The highest BCUT2D eigenvalue weighted by atomic mass is 79.9. The molecule has 1 heterocycles. The maximum atomic E-state index is 12.7. The number of alkyl halides is 2. The Balaban J connectivity index is 3.18. The van der Waals surface area contributed by atoms with Gasteiger partial charge in [-0.15, -0.1) is 0 Å². The van der Waals surface area contributed by atoms with E-state index in [1.54, 1.807) is 13.0 Å². The lowest BCUT2D eigenvalue weighted by atomic mass is 10.1. The lowest BCUT2D eigenvalue weighted by Crippen LogP contribution is -2.11. The summed E-state index contributed by atoms with van der Waals surface area (Å²) in [7, 11) is 0. The van der Waals surface area contributed by atoms with Gasteiger partial charge >= 0.3 is 5.97 Å². The fourth-order valence-corrected chi connectivity index (χ4v) is 1.92. The van der Waals surface area contributed by atoms with Crippen molar-refractivity contribution >= 4 is 21.9 Å². The smallest absolute Gasteiger partial charge is 0.310 e. The first-order valence-corrected chi connectivity index (χ1v) is 5.81. The molecular formula is C11H9BrF2N2O2. The van der Waals surface area contributed by atoms with Crippen LogP contribution in [0.1, 0.15) is 30.2 Å². The summed E-state index contributed by atoms with van der Waals surface area (Å²) in [6.45, 7) is 1.81. The Morgan fingerprint density at radius 2 is 2.33 bits per heavy atom. The molecule has 0 bridgehead atoms. The number of ether oxygens (including phenoxy) is 1. The molecule has 0 aliphatic rings. The fraction of sp³-hybridized carbons (Fsp3) is 0.364. The second-order valence-electron chi connectivity index (χ2n) is 3.25. The molecule has 0 fully saturated rings. The number of pyridine rings is 1. The highest BCUT2D eigenvalue weighted by molar-refractivity contribution is 9.10. The molecule has 1 aromatic heterocycles. The number of carbonyl (C=O) groups excluding carboxylic acids is 1. The third-order valence-electron chi connectivity index (χ3n) is 2.10. The van der Waals surface area contributed by atoms with E-state index in [1.165, 1.54) is 0 Å². The predicted molar refractivity (Wildman–Crippen MR) is 61.9 cm³/mol. The van der Waals surface area contributed by atoms with Crippen LogP contribution in [0.25, 0.3) is 0 Å². The monoisotopic (exact) mass is 318 g/mol. The van der Waals surface area contributed by atoms with Crippen LogP contribution in [0.2, 0.25) is 0 Å². The molecule has 0 unspecified atom stereocenters. The van der Waals surface area contributed by atoms with E-state index in [2.05, 4.69) is 20.9 Å². The highest BCUT2D eigenvalue weighted by Crippen LogP contribution is 2.31. The van der Waals surface area contributed by atoms with Crippen molar-refractivity contribution in [3.63, 3.8) is 0 Å². The average molecular weight is 319 g/mol. The maximum Gasteiger partial charge on any atom is 0.310 e. The SMILES string of the molecule is CCOC(=O)Cc1c(C#N)ncc(C(F)F)c1Br. The van der Waals surface area contributed by atoms with Gasteiger partial charge in [0.1, 0.15) is 11.8 Å². The summed E-state index contributed by atoms with van der Waals surface area (Å²) in [6, 6.07) is 1.76. The zero-order valence-corrected chi connectivity index (χ0v) is 11.0. The van der Waals surface area contributed by atoms with E-state index in [4.69, 9.17) is 10.00 Å². The van der Waals surface area contributed by atoms with Crippen LogP contribution < -0.4 is 0 Å². The molecule has 0 saturated carbocycles. The minimum Gasteiger partial charge on any atom is -0.466 e. The van der Waals surface area contributed by atoms with Crippen molar-refractivity contribution in [2.75, 3.05) is 6.61 Å². The number of nitriles is 1. The Morgan fingerprint density at radius 3 is 2.83 bits per heavy atom. The van der Waals surface area contributed by atoms with Crippen molar-refractivity contribution in [3.8, 4) is 6.07 Å². The number of carbonyl (C=O) groups is 1. The van der Waals surface area contributed by atoms with Crippen molar-refractivity contribution in [2.24, 2.45) is 0 Å². The Kier molecular flexibility index (Phi) is 5.16. The third kappa shape index (κ3) is 3.23. The maximum absolute atomic E-state index is 12.7. The zero-order valence-electron chi connectivity index (χ0n) is 9.41. The van der Waals surface area contributed by atoms with Gasteiger partial charge in [-0.2, -0.15) is 5.26 Å². The number of hydrogen-bond acceptors (Lipinski definition) is 4. The first-order chi connectivity index (χ1) is 8.51. The standard InChI is InChI=1S/C11H9BrF2N2O2/c1-2-18-9(17)3-6-8(4-15)16-5-7(10(6)12)11(13)14/h5,11H,2-3H2,1H3. The number of hydrogen-bond donors (Lipinski definition) is 0. The summed E-state index contributed by atoms with van der Waals surface area (Å²) in [6.07, 6.45) is -2.09. The van der Waals surface area contributed by atoms with Gasteiger partial charge < -0.3 is 4.74 Å². The molecule has 96 valence electrons. The molecule has 0 aromatic carbocycles. The summed E-state index contributed by atoms with van der Waals surface area (Å²) in [5.41, 5.74) is -0.304. The highest BCUT2D eigenvalue weighted by Gasteiger charge is 2.20. The van der Waals surface area contributed by atoms with Gasteiger partial charge in [0, 0.05) is 16.2 Å². The van der Waals surface area contributed by atoms with E-state index in [0.29, 0.717) is 0 Å². The van der Waals surface area contributed by atoms with Gasteiger partial charge in [0.15, 0.2) is 0 Å². The minimum absolute atomic E-state index is 0.0251. The molecule has 1 rings (SSSR count). The van der Waals surface area contributed by atoms with Crippen LogP contribution in [0.3, 0.4) is 0 Å². The van der Waals surface area contributed by atoms with E-state index < -0.39 is 12.4 Å². The molecule has 0 atom stereocenters. The molecule has 0 saturated heterocycles. The van der Waals surface area contributed by atoms with Crippen LogP contribution >= 0.6 is 15.9 Å². The van der Waals surface area contributed by atoms with Gasteiger partial charge in [0.05, 0.1) is 18.6 Å². The van der Waals surface area contributed by atoms with Crippen LogP contribution in [-0.2, 0) is 16.0 Å². The minimum atomic E-state index is -2.74. The lowest BCUT2D eigenvalue weighted by molar-refractivity contribution is -0.142. The Bertz CT molecular complexity index is 501. The summed E-state index contributed by atoms with van der Waals surface area (Å²) >= 11 is 2.97. The van der Waals surface area contributed by atoms with E-state index in [9.17, 15) is 13.6 Å². The molecule has 0 aliphatic heterocycles. The Hall–Kier alpha value is -1.55. The summed E-state index contributed by atoms with van der Waals surface area (Å²) in [5.74, 6) is -0.595. The number of nitrogens with zero attached hydrogens (tertiary/aromatic N) is 2. The quantitative estimate of drug-likeness (QED) is 0.801. The van der Waals surface area contributed by atoms with Gasteiger partial charge in [0.2, 0.25) is 0 Å². The van der Waals surface area contributed by atoms with Crippen molar-refractivity contribution in [1.29, 1.82) is 5.26 Å². The van der Waals surface area contributed by atoms with E-state index in [1.807, 2.05) is 0 Å². The van der Waals surface area contributed by atoms with Crippen molar-refractivity contribution < 1.29 is 18.3 Å². The van der Waals surface area contributed by atoms with Crippen LogP contribution in [-0.4, -0.2) is 17.6 Å². The molecular weight excluding hydrogens is 310 g/mol. The second-order valence-corrected chi connectivity index (χ2v) is 4.04. The van der Waals surface area contributed by atoms with Crippen LogP contribution in [0, 0.1) is 11.3 Å². The fourth-order valence-electron chi connectivity index (χ4n) is 1.31. The van der Waals surface area contributed by atoms with Crippen molar-refractivity contribution in [1.82, 2.24) is 4.98 Å². The largest absolute Gasteiger partial charge is 0.466 e. The van der Waals surface area contributed by atoms with Crippen molar-refractivity contribution in [3.05, 3.63) is 27.5 Å². The summed E-state index contributed by atoms with van der Waals surface area (Å²) in [4.78, 5) is 15.0. The van der Waals surface area contributed by atoms with Gasteiger partial charge in [-0.3, -0.25) is 4.79 Å². The van der Waals surface area contributed by atoms with Crippen LogP contribution in [0.15, 0.2) is 10.7 Å². The van der Waals surface area contributed by atoms with E-state index >= 15 is 0 Å².